The van der Waals surface area contributed by atoms with Crippen molar-refractivity contribution in [2.75, 3.05) is 12.4 Å². The minimum Gasteiger partial charge on any atom is -0.496 e. The number of carbonyl (C=O) groups is 2. The number of ether oxygens (including phenoxy) is 1. The lowest BCUT2D eigenvalue weighted by Crippen LogP contribution is -2.34. The number of carboxylic acid groups (broad SMARTS) is 1. The monoisotopic (exact) mass is 476 g/mol. The zero-order valence-corrected chi connectivity index (χ0v) is 17.0. The van der Waals surface area contributed by atoms with Crippen molar-refractivity contribution in [1.29, 1.82) is 0 Å². The average molecular weight is 478 g/mol. The molecule has 10 heteroatoms. The number of carboxylic acids is 1. The van der Waals surface area contributed by atoms with Crippen LogP contribution in [0.2, 0.25) is 10.0 Å². The number of halogens is 3. The first-order chi connectivity index (χ1) is 12.2. The number of amides is 1. The molecule has 6 nitrogen and oxygen atoms in total. The second-order valence-corrected chi connectivity index (χ2v) is 7.01. The molecule has 0 aliphatic rings. The molecular weight excluding hydrogens is 467 g/mol. The third-order valence-corrected chi connectivity index (χ3v) is 4.45. The van der Waals surface area contributed by atoms with Crippen LogP contribution in [0.1, 0.15) is 20.7 Å². The predicted molar refractivity (Wildman–Crippen MR) is 108 cm³/mol. The Kier molecular flexibility index (Phi) is 6.82. The number of thiocarbonyl (C=S) groups is 1. The second kappa shape index (κ2) is 8.68. The molecule has 2 rings (SSSR count). The van der Waals surface area contributed by atoms with Crippen LogP contribution in [0.5, 0.6) is 5.75 Å². The van der Waals surface area contributed by atoms with Crippen LogP contribution < -0.4 is 15.4 Å². The summed E-state index contributed by atoms with van der Waals surface area (Å²) in [6.07, 6.45) is 0. The molecule has 136 valence electrons. The average Bonchev–Trinajstić information content (AvgIpc) is 2.57. The van der Waals surface area contributed by atoms with Gasteiger partial charge in [-0.2, -0.15) is 0 Å². The molecule has 2 aromatic rings. The highest BCUT2D eigenvalue weighted by molar-refractivity contribution is 9.10. The normalized spacial score (nSPS) is 10.2. The molecule has 0 fully saturated rings. The van der Waals surface area contributed by atoms with Crippen LogP contribution in [-0.4, -0.2) is 29.2 Å². The number of carbonyl (C=O) groups excluding carboxylic acids is 1. The Morgan fingerprint density at radius 2 is 1.81 bits per heavy atom. The van der Waals surface area contributed by atoms with Gasteiger partial charge in [0.05, 0.1) is 34.0 Å². The number of benzene rings is 2. The zero-order valence-electron chi connectivity index (χ0n) is 13.1. The number of rotatable bonds is 4. The lowest BCUT2D eigenvalue weighted by molar-refractivity contribution is 0.0696. The van der Waals surface area contributed by atoms with Gasteiger partial charge in [0, 0.05) is 4.47 Å². The highest BCUT2D eigenvalue weighted by Gasteiger charge is 2.17. The molecule has 3 N–H and O–H groups in total. The predicted octanol–water partition coefficient (Wildman–Crippen LogP) is 4.59. The van der Waals surface area contributed by atoms with E-state index in [2.05, 4.69) is 26.6 Å². The maximum Gasteiger partial charge on any atom is 0.335 e. The summed E-state index contributed by atoms with van der Waals surface area (Å²) >= 11 is 20.5. The SMILES string of the molecule is COc1ccc(Br)cc1C(=O)NC(=S)Nc1c(Cl)cc(C(=O)O)cc1Cl. The summed E-state index contributed by atoms with van der Waals surface area (Å²) in [7, 11) is 1.44. The smallest absolute Gasteiger partial charge is 0.335 e. The number of nitrogens with one attached hydrogen (secondary N) is 2. The summed E-state index contributed by atoms with van der Waals surface area (Å²) in [5.41, 5.74) is 0.383. The van der Waals surface area contributed by atoms with Gasteiger partial charge in [-0.25, -0.2) is 4.79 Å². The molecule has 0 spiro atoms. The number of anilines is 1. The Balaban J connectivity index is 2.18. The summed E-state index contributed by atoms with van der Waals surface area (Å²) in [6, 6.07) is 7.39. The van der Waals surface area contributed by atoms with Crippen LogP contribution in [0.4, 0.5) is 5.69 Å². The first-order valence-corrected chi connectivity index (χ1v) is 8.87. The van der Waals surface area contributed by atoms with Crippen molar-refractivity contribution < 1.29 is 19.4 Å². The standard InChI is InChI=1S/C16H11BrCl2N2O4S/c1-25-12-3-2-8(17)6-9(12)14(22)21-16(26)20-13-10(18)4-7(15(23)24)5-11(13)19/h2-6H,1H3,(H,23,24)(H2,20,21,22,26). The van der Waals surface area contributed by atoms with E-state index in [1.165, 1.54) is 19.2 Å². The first-order valence-electron chi connectivity index (χ1n) is 6.91. The summed E-state index contributed by atoms with van der Waals surface area (Å²) in [5, 5.41) is 14.2. The first kappa shape index (κ1) is 20.4. The quantitative estimate of drug-likeness (QED) is 0.558. The largest absolute Gasteiger partial charge is 0.496 e. The van der Waals surface area contributed by atoms with E-state index in [1.807, 2.05) is 0 Å². The minimum absolute atomic E-state index is 0.0477. The van der Waals surface area contributed by atoms with Gasteiger partial charge in [-0.05, 0) is 42.5 Å². The van der Waals surface area contributed by atoms with Crippen molar-refractivity contribution >= 4 is 74.0 Å². The summed E-state index contributed by atoms with van der Waals surface area (Å²) in [6.45, 7) is 0. The van der Waals surface area contributed by atoms with E-state index in [4.69, 9.17) is 45.3 Å². The zero-order chi connectivity index (χ0) is 19.4. The number of methoxy groups -OCH3 is 1. The molecule has 0 heterocycles. The van der Waals surface area contributed by atoms with Gasteiger partial charge < -0.3 is 15.2 Å². The molecule has 0 atom stereocenters. The van der Waals surface area contributed by atoms with Gasteiger partial charge in [-0.3, -0.25) is 10.1 Å². The maximum absolute atomic E-state index is 12.4. The highest BCUT2D eigenvalue weighted by atomic mass is 79.9. The van der Waals surface area contributed by atoms with Crippen LogP contribution >= 0.6 is 51.3 Å². The molecule has 0 unspecified atom stereocenters. The van der Waals surface area contributed by atoms with Crippen molar-refractivity contribution in [2.24, 2.45) is 0 Å². The van der Waals surface area contributed by atoms with E-state index in [-0.39, 0.29) is 32.0 Å². The topological polar surface area (TPSA) is 87.7 Å². The Morgan fingerprint density at radius 3 is 2.35 bits per heavy atom. The molecular formula is C16H11BrCl2N2O4S. The third-order valence-electron chi connectivity index (χ3n) is 3.16. The van der Waals surface area contributed by atoms with Crippen molar-refractivity contribution in [2.45, 2.75) is 0 Å². The lowest BCUT2D eigenvalue weighted by atomic mass is 10.2. The fraction of sp³-hybridized carbons (Fsp3) is 0.0625. The van der Waals surface area contributed by atoms with E-state index in [0.29, 0.717) is 10.2 Å². The number of hydrogen-bond acceptors (Lipinski definition) is 4. The lowest BCUT2D eigenvalue weighted by Gasteiger charge is -2.14. The van der Waals surface area contributed by atoms with Gasteiger partial charge in [-0.1, -0.05) is 39.1 Å². The molecule has 0 aliphatic heterocycles. The third kappa shape index (κ3) is 4.85. The Bertz CT molecular complexity index is 885. The summed E-state index contributed by atoms with van der Waals surface area (Å²) in [5.74, 6) is -1.30. The molecule has 0 aliphatic carbocycles. The molecule has 0 saturated carbocycles. The van der Waals surface area contributed by atoms with Crippen molar-refractivity contribution in [3.05, 3.63) is 56.0 Å². The van der Waals surface area contributed by atoms with Gasteiger partial charge >= 0.3 is 5.97 Å². The Labute approximate surface area is 172 Å². The van der Waals surface area contributed by atoms with Crippen molar-refractivity contribution in [1.82, 2.24) is 5.32 Å². The van der Waals surface area contributed by atoms with Crippen LogP contribution in [0.15, 0.2) is 34.8 Å². The fourth-order valence-electron chi connectivity index (χ4n) is 1.99. The summed E-state index contributed by atoms with van der Waals surface area (Å²) in [4.78, 5) is 23.4. The van der Waals surface area contributed by atoms with Gasteiger partial charge in [0.2, 0.25) is 0 Å². The molecule has 0 bridgehead atoms. The fourth-order valence-corrected chi connectivity index (χ4v) is 3.13. The maximum atomic E-state index is 12.4. The van der Waals surface area contributed by atoms with E-state index in [0.717, 1.165) is 0 Å². The van der Waals surface area contributed by atoms with Crippen LogP contribution in [0.3, 0.4) is 0 Å². The molecule has 1 amide bonds. The van der Waals surface area contributed by atoms with Crippen LogP contribution in [-0.2, 0) is 0 Å². The molecule has 0 radical (unpaired) electrons. The van der Waals surface area contributed by atoms with Crippen molar-refractivity contribution in [3.63, 3.8) is 0 Å². The summed E-state index contributed by atoms with van der Waals surface area (Å²) < 4.78 is 5.84. The molecule has 26 heavy (non-hydrogen) atoms. The molecule has 2 aromatic carbocycles. The van der Waals surface area contributed by atoms with E-state index < -0.39 is 11.9 Å². The van der Waals surface area contributed by atoms with Gasteiger partial charge in [0.15, 0.2) is 5.11 Å². The van der Waals surface area contributed by atoms with Gasteiger partial charge in [0.25, 0.3) is 5.91 Å². The van der Waals surface area contributed by atoms with Crippen LogP contribution in [0.25, 0.3) is 0 Å². The van der Waals surface area contributed by atoms with Crippen molar-refractivity contribution in [3.8, 4) is 5.75 Å². The second-order valence-electron chi connectivity index (χ2n) is 4.87. The van der Waals surface area contributed by atoms with Crippen LogP contribution in [0, 0.1) is 0 Å². The minimum atomic E-state index is -1.17. The molecule has 0 saturated heterocycles. The highest BCUT2D eigenvalue weighted by Crippen LogP contribution is 2.32. The number of hydrogen-bond donors (Lipinski definition) is 3. The van der Waals surface area contributed by atoms with Gasteiger partial charge in [0.1, 0.15) is 5.75 Å². The Morgan fingerprint density at radius 1 is 1.19 bits per heavy atom. The number of aromatic carboxylic acids is 1. The van der Waals surface area contributed by atoms with E-state index in [9.17, 15) is 9.59 Å². The molecule has 0 aromatic heterocycles. The van der Waals surface area contributed by atoms with E-state index >= 15 is 0 Å². The Hall–Kier alpha value is -1.87. The van der Waals surface area contributed by atoms with E-state index in [1.54, 1.807) is 18.2 Å². The van der Waals surface area contributed by atoms with Gasteiger partial charge in [-0.15, -0.1) is 0 Å².